The van der Waals surface area contributed by atoms with Crippen molar-refractivity contribution >= 4 is 11.9 Å². The molecule has 6 nitrogen and oxygen atoms in total. The number of nitrogens with zero attached hydrogens (tertiary/aromatic N) is 1. The Kier molecular flexibility index (Phi) is 7.81. The fourth-order valence-corrected chi connectivity index (χ4v) is 1.83. The van der Waals surface area contributed by atoms with E-state index in [2.05, 4.69) is 0 Å². The van der Waals surface area contributed by atoms with Crippen molar-refractivity contribution in [2.45, 2.75) is 20.3 Å². The molecule has 0 bridgehead atoms. The summed E-state index contributed by atoms with van der Waals surface area (Å²) in [5.74, 6) is 1.06. The van der Waals surface area contributed by atoms with Gasteiger partial charge in [0.2, 0.25) is 5.91 Å². The van der Waals surface area contributed by atoms with Crippen molar-refractivity contribution in [3.8, 4) is 11.5 Å². The van der Waals surface area contributed by atoms with Crippen LogP contribution in [0.2, 0.25) is 0 Å². The van der Waals surface area contributed by atoms with Crippen LogP contribution in [0.5, 0.6) is 11.5 Å². The molecule has 0 fully saturated rings. The Morgan fingerprint density at radius 3 is 2.27 bits per heavy atom. The molecular weight excluding hydrogens is 286 g/mol. The highest BCUT2D eigenvalue weighted by atomic mass is 16.5. The maximum Gasteiger partial charge on any atom is 0.307 e. The average Bonchev–Trinajstić information content (AvgIpc) is 2.51. The van der Waals surface area contributed by atoms with Gasteiger partial charge in [0.25, 0.3) is 0 Å². The van der Waals surface area contributed by atoms with Gasteiger partial charge in [0.05, 0.1) is 26.7 Å². The van der Waals surface area contributed by atoms with Gasteiger partial charge in [0.15, 0.2) is 0 Å². The molecule has 0 spiro atoms. The first-order valence-electron chi connectivity index (χ1n) is 7.24. The highest BCUT2D eigenvalue weighted by molar-refractivity contribution is 5.75. The van der Waals surface area contributed by atoms with Crippen molar-refractivity contribution in [2.24, 2.45) is 0 Å². The Morgan fingerprint density at radius 1 is 1.09 bits per heavy atom. The number of carbonyl (C=O) groups excluding carboxylic acids is 2. The number of esters is 1. The van der Waals surface area contributed by atoms with Gasteiger partial charge in [-0.15, -0.1) is 0 Å². The minimum Gasteiger partial charge on any atom is -0.497 e. The van der Waals surface area contributed by atoms with Crippen LogP contribution in [0.1, 0.15) is 20.3 Å². The smallest absolute Gasteiger partial charge is 0.307 e. The van der Waals surface area contributed by atoms with E-state index in [1.54, 1.807) is 43.2 Å². The number of methoxy groups -OCH3 is 1. The number of hydrogen-bond donors (Lipinski definition) is 0. The minimum atomic E-state index is -0.301. The predicted octanol–water partition coefficient (Wildman–Crippen LogP) is 1.88. The molecule has 0 radical (unpaired) electrons. The molecule has 0 unspecified atom stereocenters. The van der Waals surface area contributed by atoms with Crippen molar-refractivity contribution in [3.63, 3.8) is 0 Å². The SMILES string of the molecule is CCOC(=O)CCN(CCOc1ccc(OC)cc1)C(C)=O. The van der Waals surface area contributed by atoms with E-state index in [1.807, 2.05) is 0 Å². The van der Waals surface area contributed by atoms with Crippen molar-refractivity contribution in [2.75, 3.05) is 33.4 Å². The van der Waals surface area contributed by atoms with E-state index in [0.29, 0.717) is 32.1 Å². The Labute approximate surface area is 131 Å². The van der Waals surface area contributed by atoms with Gasteiger partial charge >= 0.3 is 5.97 Å². The van der Waals surface area contributed by atoms with Crippen LogP contribution in [0, 0.1) is 0 Å². The molecule has 1 rings (SSSR count). The van der Waals surface area contributed by atoms with Crippen molar-refractivity contribution in [1.29, 1.82) is 0 Å². The van der Waals surface area contributed by atoms with E-state index in [-0.39, 0.29) is 18.3 Å². The quantitative estimate of drug-likeness (QED) is 0.652. The summed E-state index contributed by atoms with van der Waals surface area (Å²) in [6.07, 6.45) is 0.190. The van der Waals surface area contributed by atoms with Crippen LogP contribution in [0.15, 0.2) is 24.3 Å². The topological polar surface area (TPSA) is 65.1 Å². The van der Waals surface area contributed by atoms with E-state index in [0.717, 1.165) is 5.75 Å². The van der Waals surface area contributed by atoms with Crippen LogP contribution in [0.3, 0.4) is 0 Å². The highest BCUT2D eigenvalue weighted by Crippen LogP contribution is 2.16. The van der Waals surface area contributed by atoms with Crippen LogP contribution in [-0.2, 0) is 14.3 Å². The molecule has 0 aliphatic carbocycles. The summed E-state index contributed by atoms with van der Waals surface area (Å²) in [5.41, 5.74) is 0. The van der Waals surface area contributed by atoms with Gasteiger partial charge in [-0.05, 0) is 31.2 Å². The first-order valence-corrected chi connectivity index (χ1v) is 7.24. The standard InChI is InChI=1S/C16H23NO5/c1-4-21-16(19)9-10-17(13(2)18)11-12-22-15-7-5-14(20-3)6-8-15/h5-8H,4,9-12H2,1-3H3. The lowest BCUT2D eigenvalue weighted by atomic mass is 10.3. The summed E-state index contributed by atoms with van der Waals surface area (Å²) in [4.78, 5) is 24.4. The second kappa shape index (κ2) is 9.65. The molecule has 0 heterocycles. The molecule has 0 aliphatic heterocycles. The normalized spacial score (nSPS) is 9.95. The Morgan fingerprint density at radius 2 is 1.73 bits per heavy atom. The summed E-state index contributed by atoms with van der Waals surface area (Å²) >= 11 is 0. The summed E-state index contributed by atoms with van der Waals surface area (Å²) in [7, 11) is 1.60. The van der Waals surface area contributed by atoms with Gasteiger partial charge in [-0.25, -0.2) is 0 Å². The molecule has 6 heteroatoms. The van der Waals surface area contributed by atoms with Crippen molar-refractivity contribution in [1.82, 2.24) is 4.90 Å². The van der Waals surface area contributed by atoms with Crippen LogP contribution < -0.4 is 9.47 Å². The zero-order valence-corrected chi connectivity index (χ0v) is 13.3. The van der Waals surface area contributed by atoms with Crippen LogP contribution in [-0.4, -0.2) is 50.2 Å². The zero-order chi connectivity index (χ0) is 16.4. The largest absolute Gasteiger partial charge is 0.497 e. The molecule has 0 saturated heterocycles. The van der Waals surface area contributed by atoms with Gasteiger partial charge in [0.1, 0.15) is 18.1 Å². The number of carbonyl (C=O) groups is 2. The Balaban J connectivity index is 2.37. The molecule has 0 aliphatic rings. The fourth-order valence-electron chi connectivity index (χ4n) is 1.83. The molecule has 22 heavy (non-hydrogen) atoms. The molecule has 1 aromatic carbocycles. The molecule has 0 saturated carbocycles. The van der Waals surface area contributed by atoms with E-state index in [4.69, 9.17) is 14.2 Å². The average molecular weight is 309 g/mol. The lowest BCUT2D eigenvalue weighted by Crippen LogP contribution is -2.34. The van der Waals surface area contributed by atoms with Gasteiger partial charge in [-0.1, -0.05) is 0 Å². The minimum absolute atomic E-state index is 0.0948. The number of rotatable bonds is 9. The second-order valence-corrected chi connectivity index (χ2v) is 4.59. The van der Waals surface area contributed by atoms with E-state index >= 15 is 0 Å². The second-order valence-electron chi connectivity index (χ2n) is 4.59. The van der Waals surface area contributed by atoms with E-state index < -0.39 is 0 Å². The van der Waals surface area contributed by atoms with Gasteiger partial charge < -0.3 is 19.1 Å². The van der Waals surface area contributed by atoms with Gasteiger partial charge in [-0.3, -0.25) is 9.59 Å². The zero-order valence-electron chi connectivity index (χ0n) is 13.3. The van der Waals surface area contributed by atoms with Crippen molar-refractivity contribution < 1.29 is 23.8 Å². The third kappa shape index (κ3) is 6.47. The van der Waals surface area contributed by atoms with Crippen LogP contribution in [0.25, 0.3) is 0 Å². The summed E-state index contributed by atoms with van der Waals surface area (Å²) in [5, 5.41) is 0. The molecule has 0 atom stereocenters. The summed E-state index contributed by atoms with van der Waals surface area (Å²) < 4.78 is 15.5. The molecule has 0 N–H and O–H groups in total. The molecule has 0 aromatic heterocycles. The van der Waals surface area contributed by atoms with Gasteiger partial charge in [-0.2, -0.15) is 0 Å². The molecule has 122 valence electrons. The Hall–Kier alpha value is -2.24. The van der Waals surface area contributed by atoms with Crippen molar-refractivity contribution in [3.05, 3.63) is 24.3 Å². The number of hydrogen-bond acceptors (Lipinski definition) is 5. The lowest BCUT2D eigenvalue weighted by molar-refractivity contribution is -0.144. The van der Waals surface area contributed by atoms with Crippen LogP contribution >= 0.6 is 0 Å². The summed E-state index contributed by atoms with van der Waals surface area (Å²) in [6, 6.07) is 7.21. The lowest BCUT2D eigenvalue weighted by Gasteiger charge is -2.20. The Bertz CT molecular complexity index is 472. The maximum absolute atomic E-state index is 11.5. The van der Waals surface area contributed by atoms with E-state index in [1.165, 1.54) is 6.92 Å². The third-order valence-corrected chi connectivity index (χ3v) is 3.03. The molecular formula is C16H23NO5. The number of amides is 1. The first-order chi connectivity index (χ1) is 10.6. The number of ether oxygens (including phenoxy) is 3. The third-order valence-electron chi connectivity index (χ3n) is 3.03. The highest BCUT2D eigenvalue weighted by Gasteiger charge is 2.11. The number of benzene rings is 1. The van der Waals surface area contributed by atoms with Crippen LogP contribution in [0.4, 0.5) is 0 Å². The molecule has 1 amide bonds. The summed E-state index contributed by atoms with van der Waals surface area (Å²) in [6.45, 7) is 4.68. The van der Waals surface area contributed by atoms with E-state index in [9.17, 15) is 9.59 Å². The molecule has 1 aromatic rings. The first kappa shape index (κ1) is 17.8. The van der Waals surface area contributed by atoms with Gasteiger partial charge in [0, 0.05) is 13.5 Å². The fraction of sp³-hybridized carbons (Fsp3) is 0.500. The maximum atomic E-state index is 11.5. The predicted molar refractivity (Wildman–Crippen MR) is 82.0 cm³/mol. The monoisotopic (exact) mass is 309 g/mol.